The number of nitrogens with one attached hydrogen (secondary N) is 1. The van der Waals surface area contributed by atoms with Crippen LogP contribution >= 0.6 is 15.9 Å². The van der Waals surface area contributed by atoms with Crippen LogP contribution < -0.4 is 19.2 Å². The topological polar surface area (TPSA) is 97.3 Å². The second-order valence-corrected chi connectivity index (χ2v) is 10.5. The van der Waals surface area contributed by atoms with Gasteiger partial charge >= 0.3 is 0 Å². The molecule has 0 unspecified atom stereocenters. The summed E-state index contributed by atoms with van der Waals surface area (Å²) in [7, 11) is -2.49. The van der Waals surface area contributed by atoms with Crippen LogP contribution in [0.25, 0.3) is 0 Å². The van der Waals surface area contributed by atoms with Gasteiger partial charge < -0.3 is 9.47 Å². The first-order chi connectivity index (χ1) is 17.8. The van der Waals surface area contributed by atoms with Crippen molar-refractivity contribution in [3.63, 3.8) is 0 Å². The lowest BCUT2D eigenvalue weighted by Gasteiger charge is -2.25. The predicted molar refractivity (Wildman–Crippen MR) is 149 cm³/mol. The maximum Gasteiger partial charge on any atom is 0.264 e. The summed E-state index contributed by atoms with van der Waals surface area (Å²) in [5, 5.41) is 4.01. The van der Waals surface area contributed by atoms with Crippen molar-refractivity contribution in [2.45, 2.75) is 18.2 Å². The molecule has 0 aliphatic rings. The third kappa shape index (κ3) is 6.99. The Bertz CT molecular complexity index is 1380. The van der Waals surface area contributed by atoms with E-state index in [-0.39, 0.29) is 4.90 Å². The molecule has 0 saturated carbocycles. The van der Waals surface area contributed by atoms with Crippen LogP contribution in [-0.2, 0) is 21.2 Å². The van der Waals surface area contributed by atoms with E-state index in [0.717, 1.165) is 9.87 Å². The van der Waals surface area contributed by atoms with Gasteiger partial charge in [-0.1, -0.05) is 56.0 Å². The Morgan fingerprint density at radius 1 is 1.14 bits per heavy atom. The minimum atomic E-state index is -4.01. The van der Waals surface area contributed by atoms with E-state index in [1.54, 1.807) is 48.5 Å². The number of hydrogen-bond donors (Lipinski definition) is 1. The predicted octanol–water partition coefficient (Wildman–Crippen LogP) is 4.93. The Hall–Kier alpha value is -3.63. The van der Waals surface area contributed by atoms with Crippen LogP contribution in [0.5, 0.6) is 11.5 Å². The van der Waals surface area contributed by atoms with E-state index >= 15 is 0 Å². The smallest absolute Gasteiger partial charge is 0.264 e. The van der Waals surface area contributed by atoms with Crippen LogP contribution in [0.4, 0.5) is 5.69 Å². The number of amides is 1. The molecule has 0 heterocycles. The zero-order valence-corrected chi connectivity index (χ0v) is 23.0. The average Bonchev–Trinajstić information content (AvgIpc) is 2.91. The molecule has 0 radical (unpaired) electrons. The first-order valence-electron chi connectivity index (χ1n) is 11.4. The molecule has 0 aromatic heterocycles. The fraction of sp³-hybridized carbons (Fsp3) is 0.185. The van der Waals surface area contributed by atoms with Crippen LogP contribution in [0.2, 0.25) is 0 Å². The van der Waals surface area contributed by atoms with Gasteiger partial charge in [-0.15, -0.1) is 0 Å². The molecule has 3 rings (SSSR count). The van der Waals surface area contributed by atoms with Gasteiger partial charge in [0.05, 0.1) is 28.4 Å². The molecule has 3 aromatic rings. The highest BCUT2D eigenvalue weighted by Gasteiger charge is 2.28. The molecular formula is C27H28BrN3O5S. The molecule has 0 saturated heterocycles. The number of nitrogens with zero attached hydrogens (tertiary/aromatic N) is 2. The number of para-hydroxylation sites is 1. The van der Waals surface area contributed by atoms with Crippen molar-refractivity contribution >= 4 is 43.8 Å². The molecule has 1 amide bonds. The normalized spacial score (nSPS) is 11.2. The number of benzene rings is 3. The maximum absolute atomic E-state index is 13.5. The Morgan fingerprint density at radius 3 is 2.51 bits per heavy atom. The third-order valence-corrected chi connectivity index (χ3v) is 7.62. The first kappa shape index (κ1) is 27.9. The number of ether oxygens (including phenoxy) is 2. The number of methoxy groups -OCH3 is 1. The SMILES string of the molecule is C=CCOc1c(Br)cc(/C=N\NC(=O)CN(c2ccccc2CC)S(=O)(=O)c2ccccc2)cc1OC. The van der Waals surface area contributed by atoms with Crippen molar-refractivity contribution in [2.24, 2.45) is 5.10 Å². The van der Waals surface area contributed by atoms with E-state index in [1.165, 1.54) is 25.5 Å². The number of aryl methyl sites for hydroxylation is 1. The van der Waals surface area contributed by atoms with E-state index in [1.807, 2.05) is 19.1 Å². The van der Waals surface area contributed by atoms with Gasteiger partial charge in [0.1, 0.15) is 13.2 Å². The number of sulfonamides is 1. The Labute approximate surface area is 225 Å². The molecule has 0 spiro atoms. The molecule has 0 bridgehead atoms. The molecule has 3 aromatic carbocycles. The van der Waals surface area contributed by atoms with Gasteiger partial charge in [-0.2, -0.15) is 5.10 Å². The zero-order valence-electron chi connectivity index (χ0n) is 20.6. The molecule has 0 atom stereocenters. The highest BCUT2D eigenvalue weighted by Crippen LogP contribution is 2.36. The average molecular weight is 587 g/mol. The Kier molecular flexibility index (Phi) is 9.87. The Morgan fingerprint density at radius 2 is 1.84 bits per heavy atom. The van der Waals surface area contributed by atoms with E-state index in [0.29, 0.717) is 40.3 Å². The van der Waals surface area contributed by atoms with E-state index in [4.69, 9.17) is 9.47 Å². The highest BCUT2D eigenvalue weighted by molar-refractivity contribution is 9.10. The summed E-state index contributed by atoms with van der Waals surface area (Å²) in [6.45, 7) is 5.42. The van der Waals surface area contributed by atoms with Crippen molar-refractivity contribution in [3.05, 3.63) is 95.0 Å². The largest absolute Gasteiger partial charge is 0.493 e. The molecule has 194 valence electrons. The number of rotatable bonds is 12. The van der Waals surface area contributed by atoms with Crippen LogP contribution in [0.15, 0.2) is 93.9 Å². The van der Waals surface area contributed by atoms with Crippen molar-refractivity contribution in [2.75, 3.05) is 24.6 Å². The molecule has 0 aliphatic heterocycles. The minimum absolute atomic E-state index is 0.0907. The first-order valence-corrected chi connectivity index (χ1v) is 13.6. The lowest BCUT2D eigenvalue weighted by molar-refractivity contribution is -0.119. The van der Waals surface area contributed by atoms with Gasteiger partial charge in [0.2, 0.25) is 0 Å². The molecule has 10 heteroatoms. The summed E-state index contributed by atoms with van der Waals surface area (Å²) < 4.78 is 39.8. The van der Waals surface area contributed by atoms with Crippen molar-refractivity contribution < 1.29 is 22.7 Å². The van der Waals surface area contributed by atoms with Gasteiger partial charge in [-0.25, -0.2) is 13.8 Å². The van der Waals surface area contributed by atoms with Crippen LogP contribution in [0.3, 0.4) is 0 Å². The monoisotopic (exact) mass is 585 g/mol. The van der Waals surface area contributed by atoms with Gasteiger partial charge in [-0.3, -0.25) is 9.10 Å². The fourth-order valence-corrected chi connectivity index (χ4v) is 5.57. The number of hydrazone groups is 1. The van der Waals surface area contributed by atoms with E-state index in [9.17, 15) is 13.2 Å². The van der Waals surface area contributed by atoms with Crippen molar-refractivity contribution in [3.8, 4) is 11.5 Å². The summed E-state index contributed by atoms with van der Waals surface area (Å²) in [4.78, 5) is 13.0. The van der Waals surface area contributed by atoms with E-state index in [2.05, 4.69) is 33.0 Å². The number of carbonyl (C=O) groups is 1. The molecule has 8 nitrogen and oxygen atoms in total. The van der Waals surface area contributed by atoms with Gasteiger partial charge in [0, 0.05) is 0 Å². The maximum atomic E-state index is 13.5. The highest BCUT2D eigenvalue weighted by atomic mass is 79.9. The van der Waals surface area contributed by atoms with Crippen LogP contribution in [0, 0.1) is 0 Å². The number of carbonyl (C=O) groups excluding carboxylic acids is 1. The number of anilines is 1. The lowest BCUT2D eigenvalue weighted by Crippen LogP contribution is -2.40. The molecule has 0 aliphatic carbocycles. The van der Waals surface area contributed by atoms with Crippen LogP contribution in [-0.4, -0.2) is 40.8 Å². The fourth-order valence-electron chi connectivity index (χ4n) is 3.51. The molecule has 37 heavy (non-hydrogen) atoms. The molecule has 1 N–H and O–H groups in total. The van der Waals surface area contributed by atoms with Gasteiger partial charge in [-0.05, 0) is 63.8 Å². The summed E-state index contributed by atoms with van der Waals surface area (Å²) in [6, 6.07) is 18.6. The molecular weight excluding hydrogens is 558 g/mol. The minimum Gasteiger partial charge on any atom is -0.493 e. The second-order valence-electron chi connectivity index (χ2n) is 7.73. The third-order valence-electron chi connectivity index (χ3n) is 5.26. The standard InChI is InChI=1S/C27H28BrN3O5S/c1-4-15-36-27-23(28)16-20(17-25(27)35-3)18-29-30-26(32)19-31(24-14-10-9-11-21(24)5-2)37(33,34)22-12-7-6-8-13-22/h4,6-14,16-18H,1,5,15,19H2,2-3H3,(H,30,32)/b29-18-. The lowest BCUT2D eigenvalue weighted by atomic mass is 10.1. The summed E-state index contributed by atoms with van der Waals surface area (Å²) in [6.07, 6.45) is 3.65. The van der Waals surface area contributed by atoms with Gasteiger partial charge in [0.15, 0.2) is 11.5 Å². The summed E-state index contributed by atoms with van der Waals surface area (Å²) in [5.41, 5.74) is 4.29. The number of hydrogen-bond acceptors (Lipinski definition) is 6. The van der Waals surface area contributed by atoms with Crippen molar-refractivity contribution in [1.29, 1.82) is 0 Å². The quantitative estimate of drug-likeness (QED) is 0.185. The van der Waals surface area contributed by atoms with Crippen LogP contribution in [0.1, 0.15) is 18.1 Å². The second kappa shape index (κ2) is 13.1. The summed E-state index contributed by atoms with van der Waals surface area (Å²) in [5.74, 6) is 0.388. The van der Waals surface area contributed by atoms with Gasteiger partial charge in [0.25, 0.3) is 15.9 Å². The summed E-state index contributed by atoms with van der Waals surface area (Å²) >= 11 is 3.44. The molecule has 0 fully saturated rings. The zero-order chi connectivity index (χ0) is 26.8. The van der Waals surface area contributed by atoms with Crippen molar-refractivity contribution in [1.82, 2.24) is 5.43 Å². The Balaban J connectivity index is 1.83. The number of halogens is 1. The van der Waals surface area contributed by atoms with E-state index < -0.39 is 22.5 Å².